The van der Waals surface area contributed by atoms with Gasteiger partial charge in [0.1, 0.15) is 10.6 Å². The third kappa shape index (κ3) is 7.00. The molecule has 3 aromatic rings. The lowest BCUT2D eigenvalue weighted by molar-refractivity contribution is -0.0437. The minimum absolute atomic E-state index is 0.0243. The molecule has 1 N–H and O–H groups in total. The number of carbonyl (C=O) groups excluding carboxylic acids is 1. The standard InChI is InChI=1S/C27H28F4N2O5S2/c1-16(32-39(36)26(2,3)4)21-13-24(34)33(5)14-23(21)22-12-17(15-40(37,38)27(29,30)31)6-11-20(22)25(35)18-7-9-19(28)10-8-18/h6-14,16,32H,15H2,1-5H3/t16-,39-/m0/s1. The number of rotatable bonds is 8. The van der Waals surface area contributed by atoms with Crippen molar-refractivity contribution in [2.75, 3.05) is 0 Å². The van der Waals surface area contributed by atoms with Crippen LogP contribution in [0.1, 0.15) is 60.8 Å². The van der Waals surface area contributed by atoms with Gasteiger partial charge in [0.25, 0.3) is 15.4 Å². The van der Waals surface area contributed by atoms with E-state index < -0.39 is 60.4 Å². The quantitative estimate of drug-likeness (QED) is 0.222. The van der Waals surface area contributed by atoms with Gasteiger partial charge >= 0.3 is 5.51 Å². The first-order valence-electron chi connectivity index (χ1n) is 11.9. The van der Waals surface area contributed by atoms with Gasteiger partial charge in [-0.1, -0.05) is 12.1 Å². The van der Waals surface area contributed by atoms with Crippen LogP contribution in [0.3, 0.4) is 0 Å². The highest BCUT2D eigenvalue weighted by atomic mass is 32.2. The number of hydrogen-bond acceptors (Lipinski definition) is 6. The molecule has 0 amide bonds. The second-order valence-electron chi connectivity index (χ2n) is 10.2. The summed E-state index contributed by atoms with van der Waals surface area (Å²) in [4.78, 5) is 26.1. The number of halogens is 4. The monoisotopic (exact) mass is 600 g/mol. The lowest BCUT2D eigenvalue weighted by atomic mass is 9.89. The average molecular weight is 601 g/mol. The highest BCUT2D eigenvalue weighted by Crippen LogP contribution is 2.35. The van der Waals surface area contributed by atoms with E-state index in [2.05, 4.69) is 4.72 Å². The molecule has 40 heavy (non-hydrogen) atoms. The van der Waals surface area contributed by atoms with E-state index in [1.807, 2.05) is 0 Å². The fourth-order valence-electron chi connectivity index (χ4n) is 3.79. The molecule has 0 saturated heterocycles. The third-order valence-corrected chi connectivity index (χ3v) is 9.10. The number of aryl methyl sites for hydroxylation is 1. The van der Waals surface area contributed by atoms with Crippen molar-refractivity contribution >= 4 is 27.0 Å². The number of carbonyl (C=O) groups is 1. The van der Waals surface area contributed by atoms with Crippen LogP contribution in [0, 0.1) is 5.82 Å². The fraction of sp³-hybridized carbons (Fsp3) is 0.333. The molecule has 216 valence electrons. The van der Waals surface area contributed by atoms with Crippen molar-refractivity contribution in [1.82, 2.24) is 9.29 Å². The number of nitrogens with zero attached hydrogens (tertiary/aromatic N) is 1. The molecule has 0 fully saturated rings. The summed E-state index contributed by atoms with van der Waals surface area (Å²) in [5.41, 5.74) is -5.58. The molecular formula is C27H28F4N2O5S2. The second kappa shape index (κ2) is 11.5. The van der Waals surface area contributed by atoms with Gasteiger partial charge in [-0.15, -0.1) is 4.72 Å². The number of benzene rings is 2. The van der Waals surface area contributed by atoms with Gasteiger partial charge in [0.05, 0.1) is 11.8 Å². The number of ketones is 1. The van der Waals surface area contributed by atoms with Crippen LogP contribution in [0.2, 0.25) is 0 Å². The zero-order valence-corrected chi connectivity index (χ0v) is 23.9. The molecule has 2 aromatic carbocycles. The summed E-state index contributed by atoms with van der Waals surface area (Å²) in [6.07, 6.45) is 1.37. The van der Waals surface area contributed by atoms with Crippen molar-refractivity contribution in [3.63, 3.8) is 0 Å². The molecule has 0 aliphatic rings. The van der Waals surface area contributed by atoms with E-state index >= 15 is 0 Å². The summed E-state index contributed by atoms with van der Waals surface area (Å²) >= 11 is -1.58. The molecule has 1 heterocycles. The SMILES string of the molecule is C[C@H](N[S@@+]([O-])C(C)(C)C)c1cc(=O)n(C)cc1-c1cc(CS(=O)(=O)C(F)(F)F)ccc1C(=O)c1ccc(F)cc1. The molecule has 7 nitrogen and oxygen atoms in total. The Labute approximate surface area is 232 Å². The molecule has 0 aliphatic carbocycles. The Morgan fingerprint density at radius 3 is 2.20 bits per heavy atom. The summed E-state index contributed by atoms with van der Waals surface area (Å²) in [5, 5.41) is 0. The lowest BCUT2D eigenvalue weighted by Gasteiger charge is -2.27. The predicted octanol–water partition coefficient (Wildman–Crippen LogP) is 4.97. The van der Waals surface area contributed by atoms with Crippen LogP contribution >= 0.6 is 0 Å². The number of aromatic nitrogens is 1. The van der Waals surface area contributed by atoms with Gasteiger partial charge in [-0.2, -0.15) is 13.2 Å². The molecule has 0 spiro atoms. The van der Waals surface area contributed by atoms with Crippen LogP contribution in [-0.2, 0) is 34.0 Å². The van der Waals surface area contributed by atoms with Gasteiger partial charge in [0, 0.05) is 47.4 Å². The van der Waals surface area contributed by atoms with Crippen LogP contribution in [0.5, 0.6) is 0 Å². The molecule has 3 rings (SSSR count). The first kappa shape index (κ1) is 31.5. The van der Waals surface area contributed by atoms with Crippen LogP contribution in [0.4, 0.5) is 17.6 Å². The Hall–Kier alpha value is -3.00. The number of nitrogens with one attached hydrogen (secondary N) is 1. The van der Waals surface area contributed by atoms with E-state index in [0.29, 0.717) is 0 Å². The molecule has 0 radical (unpaired) electrons. The highest BCUT2D eigenvalue weighted by Gasteiger charge is 2.45. The van der Waals surface area contributed by atoms with Crippen molar-refractivity contribution in [2.24, 2.45) is 7.05 Å². The average Bonchev–Trinajstić information content (AvgIpc) is 2.84. The van der Waals surface area contributed by atoms with Crippen molar-refractivity contribution < 1.29 is 35.3 Å². The smallest absolute Gasteiger partial charge is 0.497 e. The van der Waals surface area contributed by atoms with Gasteiger partial charge in [-0.25, -0.2) is 12.8 Å². The van der Waals surface area contributed by atoms with E-state index in [9.17, 15) is 40.1 Å². The molecular weight excluding hydrogens is 572 g/mol. The number of pyridine rings is 1. The van der Waals surface area contributed by atoms with E-state index in [4.69, 9.17) is 0 Å². The molecule has 0 unspecified atom stereocenters. The number of hydrogen-bond donors (Lipinski definition) is 1. The van der Waals surface area contributed by atoms with Crippen LogP contribution in [0.15, 0.2) is 59.5 Å². The maximum Gasteiger partial charge on any atom is 0.497 e. The minimum Gasteiger partial charge on any atom is -0.598 e. The van der Waals surface area contributed by atoms with E-state index in [0.717, 1.165) is 24.3 Å². The minimum atomic E-state index is -5.55. The van der Waals surface area contributed by atoms with Gasteiger partial charge in [0.2, 0.25) is 0 Å². The number of sulfone groups is 1. The normalized spacial score (nSPS) is 14.2. The maximum atomic E-state index is 13.5. The maximum absolute atomic E-state index is 13.5. The topological polar surface area (TPSA) is 108 Å². The summed E-state index contributed by atoms with van der Waals surface area (Å²) in [7, 11) is -4.12. The third-order valence-electron chi connectivity index (χ3n) is 6.00. The Bertz CT molecular complexity index is 1580. The molecule has 0 bridgehead atoms. The van der Waals surface area contributed by atoms with E-state index in [1.165, 1.54) is 42.1 Å². The van der Waals surface area contributed by atoms with Crippen LogP contribution in [-0.4, -0.2) is 33.6 Å². The largest absolute Gasteiger partial charge is 0.598 e. The summed E-state index contributed by atoms with van der Waals surface area (Å²) < 4.78 is 93.0. The van der Waals surface area contributed by atoms with Crippen molar-refractivity contribution in [3.05, 3.63) is 93.2 Å². The first-order chi connectivity index (χ1) is 18.3. The van der Waals surface area contributed by atoms with Crippen molar-refractivity contribution in [1.29, 1.82) is 0 Å². The summed E-state index contributed by atoms with van der Waals surface area (Å²) in [6.45, 7) is 6.83. The molecule has 2 atom stereocenters. The van der Waals surface area contributed by atoms with Crippen molar-refractivity contribution in [2.45, 2.75) is 49.7 Å². The Balaban J connectivity index is 2.28. The van der Waals surface area contributed by atoms with Crippen LogP contribution < -0.4 is 10.3 Å². The van der Waals surface area contributed by atoms with E-state index in [-0.39, 0.29) is 33.4 Å². The van der Waals surface area contributed by atoms with E-state index in [1.54, 1.807) is 27.7 Å². The second-order valence-corrected chi connectivity index (χ2v) is 14.2. The zero-order valence-electron chi connectivity index (χ0n) is 22.3. The van der Waals surface area contributed by atoms with Gasteiger partial charge < -0.3 is 9.12 Å². The lowest BCUT2D eigenvalue weighted by Crippen LogP contribution is -2.41. The fourth-order valence-corrected chi connectivity index (χ4v) is 5.37. The number of alkyl halides is 3. The Morgan fingerprint density at radius 2 is 1.65 bits per heavy atom. The zero-order chi connectivity index (χ0) is 30.2. The highest BCUT2D eigenvalue weighted by molar-refractivity contribution is 7.91. The molecule has 1 aromatic heterocycles. The Morgan fingerprint density at radius 1 is 1.05 bits per heavy atom. The molecule has 0 saturated carbocycles. The molecule has 0 aliphatic heterocycles. The van der Waals surface area contributed by atoms with Gasteiger partial charge in [0.15, 0.2) is 5.78 Å². The van der Waals surface area contributed by atoms with Gasteiger partial charge in [-0.05, 0) is 74.7 Å². The Kier molecular flexibility index (Phi) is 9.04. The first-order valence-corrected chi connectivity index (χ1v) is 14.7. The van der Waals surface area contributed by atoms with Gasteiger partial charge in [-0.3, -0.25) is 9.59 Å². The molecule has 13 heteroatoms. The summed E-state index contributed by atoms with van der Waals surface area (Å²) in [6, 6.07) is 8.58. The summed E-state index contributed by atoms with van der Waals surface area (Å²) in [5.74, 6) is -2.58. The van der Waals surface area contributed by atoms with Crippen LogP contribution in [0.25, 0.3) is 11.1 Å². The van der Waals surface area contributed by atoms with Crippen molar-refractivity contribution in [3.8, 4) is 11.1 Å². The predicted molar refractivity (Wildman–Crippen MR) is 145 cm³/mol.